The number of hydrogen-bond acceptors (Lipinski definition) is 3. The molecule has 0 spiro atoms. The Morgan fingerprint density at radius 1 is 1.21 bits per heavy atom. The number of guanidine groups is 1. The second-order valence-electron chi connectivity index (χ2n) is 5.15. The third-order valence-corrected chi connectivity index (χ3v) is 3.50. The van der Waals surface area contributed by atoms with Crippen molar-refractivity contribution in [2.24, 2.45) is 4.99 Å². The predicted octanol–water partition coefficient (Wildman–Crippen LogP) is 2.31. The van der Waals surface area contributed by atoms with Gasteiger partial charge in [0.05, 0.1) is 7.11 Å². The van der Waals surface area contributed by atoms with E-state index < -0.39 is 0 Å². The number of aromatic nitrogens is 2. The van der Waals surface area contributed by atoms with Gasteiger partial charge in [-0.1, -0.05) is 12.1 Å². The van der Waals surface area contributed by atoms with Crippen molar-refractivity contribution >= 4 is 29.9 Å². The molecule has 0 saturated carbocycles. The maximum atomic E-state index is 5.16. The molecular weight excluding hydrogens is 417 g/mol. The van der Waals surface area contributed by atoms with Crippen LogP contribution in [0.5, 0.6) is 5.75 Å². The highest BCUT2D eigenvalue weighted by molar-refractivity contribution is 14.0. The van der Waals surface area contributed by atoms with Gasteiger partial charge in [-0.05, 0) is 36.6 Å². The summed E-state index contributed by atoms with van der Waals surface area (Å²) in [5, 5.41) is 10.8. The standard InChI is InChI=1S/C17H25N5O.HI/c1-18-17(19-10-3-13-22-14-4-11-21-22)20-12-9-15-5-7-16(23-2)8-6-15;/h4-8,11,14H,3,9-10,12-13H2,1-2H3,(H2,18,19,20);1H. The Bertz CT molecular complexity index is 584. The summed E-state index contributed by atoms with van der Waals surface area (Å²) in [5.74, 6) is 1.72. The minimum Gasteiger partial charge on any atom is -0.497 e. The number of hydrogen-bond donors (Lipinski definition) is 2. The third-order valence-electron chi connectivity index (χ3n) is 3.50. The lowest BCUT2D eigenvalue weighted by Crippen LogP contribution is -2.39. The molecule has 0 amide bonds. The van der Waals surface area contributed by atoms with E-state index in [-0.39, 0.29) is 24.0 Å². The number of ether oxygens (including phenoxy) is 1. The Morgan fingerprint density at radius 2 is 1.96 bits per heavy atom. The summed E-state index contributed by atoms with van der Waals surface area (Å²) in [6, 6.07) is 10.1. The number of rotatable bonds is 8. The van der Waals surface area contributed by atoms with E-state index >= 15 is 0 Å². The lowest BCUT2D eigenvalue weighted by molar-refractivity contribution is 0.414. The van der Waals surface area contributed by atoms with E-state index in [1.807, 2.05) is 29.1 Å². The van der Waals surface area contributed by atoms with Gasteiger partial charge in [-0.2, -0.15) is 5.10 Å². The molecule has 0 saturated heterocycles. The highest BCUT2D eigenvalue weighted by Crippen LogP contribution is 2.11. The van der Waals surface area contributed by atoms with Crippen LogP contribution in [0.25, 0.3) is 0 Å². The monoisotopic (exact) mass is 443 g/mol. The number of methoxy groups -OCH3 is 1. The number of nitrogens with zero attached hydrogens (tertiary/aromatic N) is 3. The quantitative estimate of drug-likeness (QED) is 0.285. The van der Waals surface area contributed by atoms with Crippen LogP contribution in [0.2, 0.25) is 0 Å². The van der Waals surface area contributed by atoms with E-state index in [0.29, 0.717) is 0 Å². The lowest BCUT2D eigenvalue weighted by Gasteiger charge is -2.12. The first-order valence-corrected chi connectivity index (χ1v) is 7.86. The van der Waals surface area contributed by atoms with E-state index in [4.69, 9.17) is 4.74 Å². The summed E-state index contributed by atoms with van der Waals surface area (Å²) >= 11 is 0. The smallest absolute Gasteiger partial charge is 0.190 e. The van der Waals surface area contributed by atoms with E-state index in [2.05, 4.69) is 32.9 Å². The number of aliphatic imine (C=N–C) groups is 1. The van der Waals surface area contributed by atoms with E-state index in [0.717, 1.165) is 44.2 Å². The Kier molecular flexibility index (Phi) is 9.90. The summed E-state index contributed by atoms with van der Waals surface area (Å²) < 4.78 is 7.09. The molecule has 0 aliphatic rings. The van der Waals surface area contributed by atoms with Crippen LogP contribution in [0.4, 0.5) is 0 Å². The maximum Gasteiger partial charge on any atom is 0.190 e. The molecule has 2 rings (SSSR count). The Labute approximate surface area is 160 Å². The molecule has 132 valence electrons. The third kappa shape index (κ3) is 7.20. The van der Waals surface area contributed by atoms with Crippen LogP contribution in [-0.4, -0.2) is 43.0 Å². The van der Waals surface area contributed by atoms with Crippen molar-refractivity contribution in [3.8, 4) is 5.75 Å². The van der Waals surface area contributed by atoms with Crippen LogP contribution in [0.15, 0.2) is 47.7 Å². The fraction of sp³-hybridized carbons (Fsp3) is 0.412. The van der Waals surface area contributed by atoms with Gasteiger partial charge in [-0.15, -0.1) is 24.0 Å². The Hall–Kier alpha value is -1.77. The first-order chi connectivity index (χ1) is 11.3. The van der Waals surface area contributed by atoms with Crippen LogP contribution in [0, 0.1) is 0 Å². The predicted molar refractivity (Wildman–Crippen MR) is 108 cm³/mol. The second kappa shape index (κ2) is 11.7. The van der Waals surface area contributed by atoms with Crippen LogP contribution < -0.4 is 15.4 Å². The van der Waals surface area contributed by atoms with E-state index in [9.17, 15) is 0 Å². The molecule has 0 fully saturated rings. The number of halogens is 1. The molecule has 7 heteroatoms. The zero-order valence-electron chi connectivity index (χ0n) is 14.2. The largest absolute Gasteiger partial charge is 0.497 e. The van der Waals surface area contributed by atoms with Crippen molar-refractivity contribution in [2.75, 3.05) is 27.2 Å². The van der Waals surface area contributed by atoms with E-state index in [1.54, 1.807) is 20.4 Å². The van der Waals surface area contributed by atoms with E-state index in [1.165, 1.54) is 5.56 Å². The number of nitrogens with one attached hydrogen (secondary N) is 2. The van der Waals surface area contributed by atoms with Crippen molar-refractivity contribution in [1.29, 1.82) is 0 Å². The molecule has 1 heterocycles. The lowest BCUT2D eigenvalue weighted by atomic mass is 10.1. The molecular formula is C17H26IN5O. The van der Waals surface area contributed by atoms with Gasteiger partial charge < -0.3 is 15.4 Å². The minimum atomic E-state index is 0. The molecule has 0 aliphatic carbocycles. The number of aryl methyl sites for hydroxylation is 1. The zero-order chi connectivity index (χ0) is 16.3. The summed E-state index contributed by atoms with van der Waals surface area (Å²) in [7, 11) is 3.47. The van der Waals surface area contributed by atoms with Crippen LogP contribution in [-0.2, 0) is 13.0 Å². The van der Waals surface area contributed by atoms with Crippen molar-refractivity contribution in [3.05, 3.63) is 48.3 Å². The van der Waals surface area contributed by atoms with Gasteiger partial charge in [0, 0.05) is 39.1 Å². The van der Waals surface area contributed by atoms with Crippen molar-refractivity contribution in [1.82, 2.24) is 20.4 Å². The fourth-order valence-electron chi connectivity index (χ4n) is 2.22. The summed E-state index contributed by atoms with van der Waals surface area (Å²) in [6.45, 7) is 2.61. The van der Waals surface area contributed by atoms with Gasteiger partial charge in [-0.25, -0.2) is 0 Å². The minimum absolute atomic E-state index is 0. The summed E-state index contributed by atoms with van der Waals surface area (Å²) in [6.07, 6.45) is 5.72. The van der Waals surface area contributed by atoms with Gasteiger partial charge in [0.15, 0.2) is 5.96 Å². The van der Waals surface area contributed by atoms with Gasteiger partial charge in [0.2, 0.25) is 0 Å². The molecule has 1 aromatic heterocycles. The van der Waals surface area contributed by atoms with Gasteiger partial charge >= 0.3 is 0 Å². The van der Waals surface area contributed by atoms with Crippen molar-refractivity contribution in [3.63, 3.8) is 0 Å². The average Bonchev–Trinajstić information content (AvgIpc) is 3.11. The topological polar surface area (TPSA) is 63.5 Å². The number of benzene rings is 1. The Balaban J connectivity index is 0.00000288. The van der Waals surface area contributed by atoms with Crippen LogP contribution in [0.1, 0.15) is 12.0 Å². The van der Waals surface area contributed by atoms with Crippen LogP contribution >= 0.6 is 24.0 Å². The maximum absolute atomic E-state index is 5.16. The zero-order valence-corrected chi connectivity index (χ0v) is 16.6. The molecule has 0 bridgehead atoms. The molecule has 0 aliphatic heterocycles. The first kappa shape index (κ1) is 20.3. The molecule has 0 atom stereocenters. The summed E-state index contributed by atoms with van der Waals surface area (Å²) in [5.41, 5.74) is 1.27. The van der Waals surface area contributed by atoms with Crippen LogP contribution in [0.3, 0.4) is 0 Å². The van der Waals surface area contributed by atoms with Crippen molar-refractivity contribution < 1.29 is 4.74 Å². The molecule has 2 N–H and O–H groups in total. The molecule has 0 unspecified atom stereocenters. The SMILES string of the molecule is CN=C(NCCCn1cccn1)NCCc1ccc(OC)cc1.I. The van der Waals surface area contributed by atoms with Gasteiger partial charge in [0.25, 0.3) is 0 Å². The fourth-order valence-corrected chi connectivity index (χ4v) is 2.22. The van der Waals surface area contributed by atoms with Gasteiger partial charge in [-0.3, -0.25) is 9.67 Å². The normalized spacial score (nSPS) is 10.8. The average molecular weight is 443 g/mol. The highest BCUT2D eigenvalue weighted by Gasteiger charge is 1.99. The molecule has 1 aromatic carbocycles. The van der Waals surface area contributed by atoms with Gasteiger partial charge in [0.1, 0.15) is 5.75 Å². The second-order valence-corrected chi connectivity index (χ2v) is 5.15. The molecule has 24 heavy (non-hydrogen) atoms. The molecule has 6 nitrogen and oxygen atoms in total. The Morgan fingerprint density at radius 3 is 2.58 bits per heavy atom. The summed E-state index contributed by atoms with van der Waals surface area (Å²) in [4.78, 5) is 4.23. The highest BCUT2D eigenvalue weighted by atomic mass is 127. The molecule has 0 radical (unpaired) electrons. The first-order valence-electron chi connectivity index (χ1n) is 7.86. The van der Waals surface area contributed by atoms with Crippen molar-refractivity contribution in [2.45, 2.75) is 19.4 Å². The molecule has 2 aromatic rings.